The fourth-order valence-electron chi connectivity index (χ4n) is 0.960. The molecule has 1 aromatic heterocycles. The highest BCUT2D eigenvalue weighted by Gasteiger charge is 2.27. The Morgan fingerprint density at radius 2 is 2.18 bits per heavy atom. The summed E-state index contributed by atoms with van der Waals surface area (Å²) in [5.74, 6) is -0.287. The third kappa shape index (κ3) is 5.37. The maximum Gasteiger partial charge on any atom is 0.411 e. The molecule has 0 radical (unpaired) electrons. The van der Waals surface area contributed by atoms with Crippen molar-refractivity contribution in [2.75, 3.05) is 13.2 Å². The summed E-state index contributed by atoms with van der Waals surface area (Å²) in [6.45, 7) is -1.60. The molecule has 0 aliphatic carbocycles. The fraction of sp³-hybridized carbons (Fsp3) is 0.444. The lowest BCUT2D eigenvalue weighted by Crippen LogP contribution is -2.18. The van der Waals surface area contributed by atoms with Gasteiger partial charge in [0.1, 0.15) is 6.61 Å². The Labute approximate surface area is 113 Å². The second-order valence-electron chi connectivity index (χ2n) is 3.07. The lowest BCUT2D eigenvalue weighted by molar-refractivity contribution is -0.173. The number of ketones is 1. The van der Waals surface area contributed by atoms with E-state index in [2.05, 4.69) is 20.7 Å². The molecule has 0 N–H and O–H groups in total. The number of ether oxygens (including phenoxy) is 1. The molecule has 0 atom stereocenters. The van der Waals surface area contributed by atoms with Crippen molar-refractivity contribution in [2.45, 2.75) is 12.6 Å². The van der Waals surface area contributed by atoms with E-state index < -0.39 is 12.8 Å². The van der Waals surface area contributed by atoms with Crippen LogP contribution < -0.4 is 0 Å². The standard InChI is InChI=1S/C9H7BrClF3O2S/c10-8-5(11)3-7(17-8)6(15)1-2-16-4-9(12,13)14/h3H,1-2,4H2. The molecule has 0 aromatic carbocycles. The summed E-state index contributed by atoms with van der Waals surface area (Å²) in [5.41, 5.74) is 0. The minimum Gasteiger partial charge on any atom is -0.372 e. The van der Waals surface area contributed by atoms with Crippen molar-refractivity contribution in [3.63, 3.8) is 0 Å². The van der Waals surface area contributed by atoms with Crippen LogP contribution in [0.1, 0.15) is 16.1 Å². The van der Waals surface area contributed by atoms with Gasteiger partial charge in [0.2, 0.25) is 0 Å². The molecule has 2 nitrogen and oxygen atoms in total. The number of halogens is 5. The number of thiophene rings is 1. The lowest BCUT2D eigenvalue weighted by Gasteiger charge is -2.06. The zero-order valence-electron chi connectivity index (χ0n) is 8.31. The molecule has 1 heterocycles. The van der Waals surface area contributed by atoms with Gasteiger partial charge in [0.15, 0.2) is 5.78 Å². The molecule has 1 rings (SSSR count). The van der Waals surface area contributed by atoms with E-state index in [1.807, 2.05) is 0 Å². The highest BCUT2D eigenvalue weighted by molar-refractivity contribution is 9.11. The Balaban J connectivity index is 2.35. The zero-order chi connectivity index (χ0) is 13.1. The Morgan fingerprint density at radius 3 is 2.65 bits per heavy atom. The maximum absolute atomic E-state index is 11.7. The second-order valence-corrected chi connectivity index (χ2v) is 5.85. The first-order valence-electron chi connectivity index (χ1n) is 4.42. The van der Waals surface area contributed by atoms with Gasteiger partial charge in [0, 0.05) is 6.42 Å². The number of carbonyl (C=O) groups is 1. The van der Waals surface area contributed by atoms with Crippen LogP contribution in [0.25, 0.3) is 0 Å². The van der Waals surface area contributed by atoms with Gasteiger partial charge >= 0.3 is 6.18 Å². The van der Waals surface area contributed by atoms with Crippen LogP contribution in [0.15, 0.2) is 9.85 Å². The van der Waals surface area contributed by atoms with E-state index in [0.717, 1.165) is 11.3 Å². The van der Waals surface area contributed by atoms with Gasteiger partial charge in [-0.3, -0.25) is 4.79 Å². The van der Waals surface area contributed by atoms with Gasteiger partial charge in [-0.1, -0.05) is 11.6 Å². The predicted octanol–water partition coefficient (Wildman–Crippen LogP) is 4.32. The number of hydrogen-bond donors (Lipinski definition) is 0. The third-order valence-electron chi connectivity index (χ3n) is 1.66. The van der Waals surface area contributed by atoms with Crippen LogP contribution in [-0.2, 0) is 4.74 Å². The molecular weight excluding hydrogens is 345 g/mol. The van der Waals surface area contributed by atoms with Gasteiger partial charge in [0.05, 0.1) is 20.3 Å². The van der Waals surface area contributed by atoms with Crippen molar-refractivity contribution >= 4 is 44.7 Å². The molecule has 0 unspecified atom stereocenters. The number of rotatable bonds is 5. The predicted molar refractivity (Wildman–Crippen MR) is 62.9 cm³/mol. The molecule has 0 saturated heterocycles. The van der Waals surface area contributed by atoms with Gasteiger partial charge in [-0.15, -0.1) is 11.3 Å². The van der Waals surface area contributed by atoms with Crippen LogP contribution in [0, 0.1) is 0 Å². The zero-order valence-corrected chi connectivity index (χ0v) is 11.5. The molecule has 0 aliphatic rings. The summed E-state index contributed by atoms with van der Waals surface area (Å²) < 4.78 is 40.1. The summed E-state index contributed by atoms with van der Waals surface area (Å²) in [4.78, 5) is 11.9. The topological polar surface area (TPSA) is 26.3 Å². The summed E-state index contributed by atoms with van der Waals surface area (Å²) in [5, 5.41) is 0.412. The Bertz CT molecular complexity index is 386. The largest absolute Gasteiger partial charge is 0.411 e. The molecule has 0 amide bonds. The first kappa shape index (κ1) is 14.9. The van der Waals surface area contributed by atoms with Crippen LogP contribution in [-0.4, -0.2) is 25.2 Å². The van der Waals surface area contributed by atoms with Crippen molar-refractivity contribution in [2.24, 2.45) is 0 Å². The lowest BCUT2D eigenvalue weighted by atomic mass is 10.2. The summed E-state index contributed by atoms with van der Waals surface area (Å²) >= 11 is 10.0. The van der Waals surface area contributed by atoms with Crippen molar-refractivity contribution in [1.82, 2.24) is 0 Å². The van der Waals surface area contributed by atoms with Crippen LogP contribution in [0.2, 0.25) is 5.02 Å². The van der Waals surface area contributed by atoms with Gasteiger partial charge in [-0.25, -0.2) is 0 Å². The maximum atomic E-state index is 11.7. The minimum absolute atomic E-state index is 0.0979. The Kier molecular flexibility index (Phi) is 5.43. The number of hydrogen-bond acceptors (Lipinski definition) is 3. The molecular formula is C9H7BrClF3O2S. The molecule has 17 heavy (non-hydrogen) atoms. The highest BCUT2D eigenvalue weighted by Crippen LogP contribution is 2.32. The van der Waals surface area contributed by atoms with Crippen LogP contribution in [0.3, 0.4) is 0 Å². The average Bonchev–Trinajstić information content (AvgIpc) is 2.52. The third-order valence-corrected chi connectivity index (χ3v) is 4.17. The van der Waals surface area contributed by atoms with E-state index in [0.29, 0.717) is 13.7 Å². The summed E-state index contributed by atoms with van der Waals surface area (Å²) in [7, 11) is 0. The molecule has 8 heteroatoms. The Morgan fingerprint density at radius 1 is 1.53 bits per heavy atom. The van der Waals surface area contributed by atoms with Gasteiger partial charge < -0.3 is 4.74 Å². The van der Waals surface area contributed by atoms with Crippen LogP contribution in [0.5, 0.6) is 0 Å². The first-order chi connectivity index (χ1) is 7.79. The molecule has 0 fully saturated rings. The van der Waals surface area contributed by atoms with Crippen LogP contribution >= 0.6 is 38.9 Å². The molecule has 96 valence electrons. The first-order valence-corrected chi connectivity index (χ1v) is 6.41. The number of carbonyl (C=O) groups excluding carboxylic acids is 1. The number of Topliss-reactive ketones (excluding diaryl/α,β-unsaturated/α-hetero) is 1. The molecule has 0 aliphatic heterocycles. The van der Waals surface area contributed by atoms with Crippen molar-refractivity contribution in [3.8, 4) is 0 Å². The van der Waals surface area contributed by atoms with Gasteiger partial charge in [-0.2, -0.15) is 13.2 Å². The van der Waals surface area contributed by atoms with Crippen molar-refractivity contribution in [1.29, 1.82) is 0 Å². The summed E-state index contributed by atoms with van der Waals surface area (Å²) in [6.07, 6.45) is -4.46. The molecule has 0 bridgehead atoms. The smallest absolute Gasteiger partial charge is 0.372 e. The van der Waals surface area contributed by atoms with Crippen molar-refractivity contribution < 1.29 is 22.7 Å². The average molecular weight is 352 g/mol. The highest BCUT2D eigenvalue weighted by atomic mass is 79.9. The Hall–Kier alpha value is -0.110. The summed E-state index contributed by atoms with van der Waals surface area (Å²) in [6, 6.07) is 1.47. The van der Waals surface area contributed by atoms with E-state index in [9.17, 15) is 18.0 Å². The fourth-order valence-corrected chi connectivity index (χ4v) is 2.63. The van der Waals surface area contributed by atoms with Gasteiger partial charge in [0.25, 0.3) is 0 Å². The monoisotopic (exact) mass is 350 g/mol. The quantitative estimate of drug-likeness (QED) is 0.583. The number of alkyl halides is 3. The molecule has 0 spiro atoms. The van der Waals surface area contributed by atoms with Crippen LogP contribution in [0.4, 0.5) is 13.2 Å². The normalized spacial score (nSPS) is 11.8. The molecule has 1 aromatic rings. The second kappa shape index (κ2) is 6.17. The van der Waals surface area contributed by atoms with Gasteiger partial charge in [-0.05, 0) is 22.0 Å². The van der Waals surface area contributed by atoms with Crippen molar-refractivity contribution in [3.05, 3.63) is 19.8 Å². The minimum atomic E-state index is -4.36. The SMILES string of the molecule is O=C(CCOCC(F)(F)F)c1cc(Cl)c(Br)s1. The van der Waals surface area contributed by atoms with E-state index in [1.54, 1.807) is 0 Å². The van der Waals surface area contributed by atoms with E-state index in [1.165, 1.54) is 6.07 Å². The molecule has 0 saturated carbocycles. The van der Waals surface area contributed by atoms with E-state index >= 15 is 0 Å². The van der Waals surface area contributed by atoms with E-state index in [4.69, 9.17) is 11.6 Å². The van der Waals surface area contributed by atoms with E-state index in [-0.39, 0.29) is 18.8 Å².